The van der Waals surface area contributed by atoms with Crippen LogP contribution in [0.2, 0.25) is 0 Å². The standard InChI is InChI=1S/C13H19NO4S/c1-8-5-14-11(10(3)12(8)18-4)7-19(17)6-9(2)13(15)16/h5,9H,6-7H2,1-4H3,(H,15,16). The normalized spacial score (nSPS) is 13.9. The van der Waals surface area contributed by atoms with Crippen molar-refractivity contribution in [1.29, 1.82) is 0 Å². The first kappa shape index (κ1) is 15.6. The molecule has 106 valence electrons. The molecule has 0 aliphatic rings. The quantitative estimate of drug-likeness (QED) is 0.860. The topological polar surface area (TPSA) is 76.5 Å². The van der Waals surface area contributed by atoms with Crippen molar-refractivity contribution in [2.45, 2.75) is 26.5 Å². The molecule has 0 aliphatic carbocycles. The fourth-order valence-corrected chi connectivity index (χ4v) is 3.19. The van der Waals surface area contributed by atoms with Crippen LogP contribution in [0.4, 0.5) is 0 Å². The molecule has 0 spiro atoms. The van der Waals surface area contributed by atoms with Crippen molar-refractivity contribution in [3.63, 3.8) is 0 Å². The van der Waals surface area contributed by atoms with Gasteiger partial charge in [0.25, 0.3) is 0 Å². The highest BCUT2D eigenvalue weighted by molar-refractivity contribution is 7.84. The zero-order valence-corrected chi connectivity index (χ0v) is 12.4. The van der Waals surface area contributed by atoms with Crippen molar-refractivity contribution < 1.29 is 18.8 Å². The van der Waals surface area contributed by atoms with Crippen LogP contribution in [0.25, 0.3) is 0 Å². The lowest BCUT2D eigenvalue weighted by Crippen LogP contribution is -2.18. The third-order valence-corrected chi connectivity index (χ3v) is 4.37. The summed E-state index contributed by atoms with van der Waals surface area (Å²) in [5.41, 5.74) is 2.48. The van der Waals surface area contributed by atoms with Crippen LogP contribution in [-0.2, 0) is 21.3 Å². The van der Waals surface area contributed by atoms with Crippen molar-refractivity contribution in [2.75, 3.05) is 12.9 Å². The predicted molar refractivity (Wildman–Crippen MR) is 73.8 cm³/mol. The lowest BCUT2D eigenvalue weighted by molar-refractivity contribution is -0.140. The Kier molecular flexibility index (Phi) is 5.47. The Balaban J connectivity index is 2.83. The van der Waals surface area contributed by atoms with Gasteiger partial charge in [-0.15, -0.1) is 0 Å². The van der Waals surface area contributed by atoms with E-state index in [9.17, 15) is 9.00 Å². The molecule has 19 heavy (non-hydrogen) atoms. The van der Waals surface area contributed by atoms with Gasteiger partial charge in [-0.3, -0.25) is 14.0 Å². The number of methoxy groups -OCH3 is 1. The minimum Gasteiger partial charge on any atom is -0.496 e. The average Bonchev–Trinajstić information content (AvgIpc) is 2.33. The maximum Gasteiger partial charge on any atom is 0.307 e. The molecule has 0 bridgehead atoms. The summed E-state index contributed by atoms with van der Waals surface area (Å²) in [5, 5.41) is 8.80. The molecule has 0 aliphatic heterocycles. The van der Waals surface area contributed by atoms with Gasteiger partial charge in [0.05, 0.1) is 24.5 Å². The van der Waals surface area contributed by atoms with E-state index < -0.39 is 22.7 Å². The molecule has 0 saturated heterocycles. The van der Waals surface area contributed by atoms with E-state index >= 15 is 0 Å². The molecule has 1 rings (SSSR count). The van der Waals surface area contributed by atoms with Crippen molar-refractivity contribution in [1.82, 2.24) is 4.98 Å². The number of carbonyl (C=O) groups is 1. The van der Waals surface area contributed by atoms with E-state index in [1.165, 1.54) is 0 Å². The molecule has 1 N–H and O–H groups in total. The summed E-state index contributed by atoms with van der Waals surface area (Å²) in [6.07, 6.45) is 1.68. The molecule has 5 nitrogen and oxygen atoms in total. The average molecular weight is 285 g/mol. The second-order valence-corrected chi connectivity index (χ2v) is 6.04. The summed E-state index contributed by atoms with van der Waals surface area (Å²) in [5.74, 6) is -0.423. The SMILES string of the molecule is COc1c(C)cnc(CS(=O)CC(C)C(=O)O)c1C. The number of ether oxygens (including phenoxy) is 1. The van der Waals surface area contributed by atoms with Gasteiger partial charge in [0.15, 0.2) is 0 Å². The lowest BCUT2D eigenvalue weighted by Gasteiger charge is -2.12. The van der Waals surface area contributed by atoms with Gasteiger partial charge in [-0.25, -0.2) is 0 Å². The summed E-state index contributed by atoms with van der Waals surface area (Å²) >= 11 is 0. The van der Waals surface area contributed by atoms with Crippen LogP contribution in [0, 0.1) is 19.8 Å². The Hall–Kier alpha value is -1.43. The van der Waals surface area contributed by atoms with Crippen molar-refractivity contribution in [2.24, 2.45) is 5.92 Å². The molecule has 6 heteroatoms. The number of carboxylic acids is 1. The minimum atomic E-state index is -1.25. The highest BCUT2D eigenvalue weighted by Gasteiger charge is 2.17. The fraction of sp³-hybridized carbons (Fsp3) is 0.538. The first-order chi connectivity index (χ1) is 8.86. The Morgan fingerprint density at radius 3 is 2.68 bits per heavy atom. The molecule has 0 aromatic carbocycles. The van der Waals surface area contributed by atoms with Crippen LogP contribution < -0.4 is 4.74 Å². The molecule has 1 aromatic heterocycles. The number of aryl methyl sites for hydroxylation is 1. The number of nitrogens with zero attached hydrogens (tertiary/aromatic N) is 1. The molecule has 0 fully saturated rings. The van der Waals surface area contributed by atoms with Crippen LogP contribution in [-0.4, -0.2) is 33.1 Å². The lowest BCUT2D eigenvalue weighted by atomic mass is 10.1. The van der Waals surface area contributed by atoms with Gasteiger partial charge in [0.1, 0.15) is 5.75 Å². The maximum absolute atomic E-state index is 11.9. The van der Waals surface area contributed by atoms with E-state index in [-0.39, 0.29) is 11.5 Å². The van der Waals surface area contributed by atoms with E-state index in [2.05, 4.69) is 4.98 Å². The second kappa shape index (κ2) is 6.65. The molecular formula is C13H19NO4S. The molecular weight excluding hydrogens is 266 g/mol. The van der Waals surface area contributed by atoms with Gasteiger partial charge in [-0.05, 0) is 13.8 Å². The zero-order chi connectivity index (χ0) is 14.6. The highest BCUT2D eigenvalue weighted by atomic mass is 32.2. The van der Waals surface area contributed by atoms with Crippen molar-refractivity contribution in [3.05, 3.63) is 23.0 Å². The van der Waals surface area contributed by atoms with Gasteiger partial charge in [-0.1, -0.05) is 6.92 Å². The maximum atomic E-state index is 11.9. The van der Waals surface area contributed by atoms with Crippen LogP contribution in [0.3, 0.4) is 0 Å². The summed E-state index contributed by atoms with van der Waals surface area (Å²) in [6, 6.07) is 0. The van der Waals surface area contributed by atoms with Crippen LogP contribution >= 0.6 is 0 Å². The Bertz CT molecular complexity index is 502. The third kappa shape index (κ3) is 4.02. The zero-order valence-electron chi connectivity index (χ0n) is 11.6. The molecule has 2 atom stereocenters. The number of carboxylic acid groups (broad SMARTS) is 1. The van der Waals surface area contributed by atoms with Crippen LogP contribution in [0.15, 0.2) is 6.20 Å². The van der Waals surface area contributed by atoms with Crippen LogP contribution in [0.1, 0.15) is 23.7 Å². The fourth-order valence-electron chi connectivity index (χ4n) is 1.78. The number of hydrogen-bond acceptors (Lipinski definition) is 4. The molecule has 1 heterocycles. The van der Waals surface area contributed by atoms with Crippen LogP contribution in [0.5, 0.6) is 5.75 Å². The Labute approximate surface area is 115 Å². The summed E-state index contributed by atoms with van der Waals surface area (Å²) in [6.45, 7) is 5.31. The van der Waals surface area contributed by atoms with E-state index in [0.29, 0.717) is 5.69 Å². The summed E-state index contributed by atoms with van der Waals surface area (Å²) in [4.78, 5) is 15.0. The van der Waals surface area contributed by atoms with E-state index in [4.69, 9.17) is 9.84 Å². The van der Waals surface area contributed by atoms with Gasteiger partial charge in [0.2, 0.25) is 0 Å². The molecule has 2 unspecified atom stereocenters. The first-order valence-corrected chi connectivity index (χ1v) is 7.42. The molecule has 0 saturated carbocycles. The number of rotatable bonds is 6. The minimum absolute atomic E-state index is 0.132. The Morgan fingerprint density at radius 1 is 1.53 bits per heavy atom. The van der Waals surface area contributed by atoms with Gasteiger partial charge in [-0.2, -0.15) is 0 Å². The number of aliphatic carboxylic acids is 1. The van der Waals surface area contributed by atoms with E-state index in [0.717, 1.165) is 16.9 Å². The monoisotopic (exact) mass is 285 g/mol. The summed E-state index contributed by atoms with van der Waals surface area (Å²) in [7, 11) is 0.338. The largest absolute Gasteiger partial charge is 0.496 e. The van der Waals surface area contributed by atoms with E-state index in [1.54, 1.807) is 20.2 Å². The van der Waals surface area contributed by atoms with Gasteiger partial charge < -0.3 is 9.84 Å². The second-order valence-electron chi connectivity index (χ2n) is 4.54. The molecule has 0 amide bonds. The van der Waals surface area contributed by atoms with Gasteiger partial charge in [0, 0.05) is 33.9 Å². The van der Waals surface area contributed by atoms with E-state index in [1.807, 2.05) is 13.8 Å². The van der Waals surface area contributed by atoms with Crippen molar-refractivity contribution in [3.8, 4) is 5.75 Å². The highest BCUT2D eigenvalue weighted by Crippen LogP contribution is 2.24. The number of aromatic nitrogens is 1. The molecule has 1 aromatic rings. The third-order valence-electron chi connectivity index (χ3n) is 2.90. The number of pyridine rings is 1. The first-order valence-electron chi connectivity index (χ1n) is 5.93. The smallest absolute Gasteiger partial charge is 0.307 e. The summed E-state index contributed by atoms with van der Waals surface area (Å²) < 4.78 is 17.2. The molecule has 0 radical (unpaired) electrons. The Morgan fingerprint density at radius 2 is 2.16 bits per heavy atom. The number of hydrogen-bond donors (Lipinski definition) is 1. The van der Waals surface area contributed by atoms with Crippen molar-refractivity contribution >= 4 is 16.8 Å². The van der Waals surface area contributed by atoms with Gasteiger partial charge >= 0.3 is 5.97 Å². The predicted octanol–water partition coefficient (Wildman–Crippen LogP) is 1.68.